The molecule has 0 radical (unpaired) electrons. The van der Waals surface area contributed by atoms with E-state index in [9.17, 15) is 14.4 Å². The van der Waals surface area contributed by atoms with E-state index in [1.165, 1.54) is 17.8 Å². The Morgan fingerprint density at radius 1 is 1.61 bits per heavy atom. The Labute approximate surface area is 109 Å². The molecule has 0 aliphatic carbocycles. The number of nitrogens with one attached hydrogen (secondary N) is 1. The fourth-order valence-electron chi connectivity index (χ4n) is 1.52. The largest absolute Gasteiger partial charge is 0.480 e. The summed E-state index contributed by atoms with van der Waals surface area (Å²) in [7, 11) is 0. The molecule has 0 bridgehead atoms. The summed E-state index contributed by atoms with van der Waals surface area (Å²) in [6.45, 7) is 4.41. The number of hydrogen-bond donors (Lipinski definition) is 2. The van der Waals surface area contributed by atoms with Gasteiger partial charge in [-0.2, -0.15) is 0 Å². The van der Waals surface area contributed by atoms with Crippen LogP contribution in [0.2, 0.25) is 0 Å². The number of nitrogens with zero attached hydrogens (tertiary/aromatic N) is 1. The number of amides is 2. The van der Waals surface area contributed by atoms with E-state index in [-0.39, 0.29) is 24.0 Å². The molecule has 7 heteroatoms. The molecule has 1 atom stereocenters. The van der Waals surface area contributed by atoms with Crippen molar-refractivity contribution >= 4 is 28.9 Å². The SMILES string of the molecule is C=CCC(NC(=O)CCN1CCSC1=O)C(=O)O. The predicted molar refractivity (Wildman–Crippen MR) is 68.4 cm³/mol. The van der Waals surface area contributed by atoms with Crippen molar-refractivity contribution in [3.05, 3.63) is 12.7 Å². The fraction of sp³-hybridized carbons (Fsp3) is 0.545. The second-order valence-corrected chi connectivity index (χ2v) is 4.88. The molecule has 1 aliphatic rings. The van der Waals surface area contributed by atoms with Crippen molar-refractivity contribution in [2.24, 2.45) is 0 Å². The molecule has 1 aliphatic heterocycles. The van der Waals surface area contributed by atoms with Gasteiger partial charge in [0.2, 0.25) is 5.91 Å². The minimum Gasteiger partial charge on any atom is -0.480 e. The Morgan fingerprint density at radius 2 is 2.33 bits per heavy atom. The van der Waals surface area contributed by atoms with Gasteiger partial charge in [0.15, 0.2) is 0 Å². The van der Waals surface area contributed by atoms with Crippen molar-refractivity contribution in [3.8, 4) is 0 Å². The lowest BCUT2D eigenvalue weighted by Gasteiger charge is -2.16. The van der Waals surface area contributed by atoms with E-state index in [0.29, 0.717) is 13.1 Å². The number of carbonyl (C=O) groups excluding carboxylic acids is 2. The molecule has 1 rings (SSSR count). The maximum absolute atomic E-state index is 11.5. The zero-order valence-corrected chi connectivity index (χ0v) is 10.7. The maximum Gasteiger partial charge on any atom is 0.326 e. The van der Waals surface area contributed by atoms with Crippen LogP contribution in [0.15, 0.2) is 12.7 Å². The van der Waals surface area contributed by atoms with Crippen LogP contribution >= 0.6 is 11.8 Å². The van der Waals surface area contributed by atoms with Crippen molar-refractivity contribution in [2.45, 2.75) is 18.9 Å². The number of rotatable bonds is 7. The van der Waals surface area contributed by atoms with E-state index >= 15 is 0 Å². The summed E-state index contributed by atoms with van der Waals surface area (Å²) in [6, 6.07) is -0.946. The molecular formula is C11H16N2O4S. The molecular weight excluding hydrogens is 256 g/mol. The minimum atomic E-state index is -1.09. The van der Waals surface area contributed by atoms with Gasteiger partial charge >= 0.3 is 5.97 Å². The minimum absolute atomic E-state index is 0.0244. The number of carbonyl (C=O) groups is 3. The Balaban J connectivity index is 2.33. The van der Waals surface area contributed by atoms with Gasteiger partial charge < -0.3 is 15.3 Å². The van der Waals surface area contributed by atoms with Gasteiger partial charge in [-0.1, -0.05) is 17.8 Å². The van der Waals surface area contributed by atoms with Crippen LogP contribution in [0.4, 0.5) is 4.79 Å². The summed E-state index contributed by atoms with van der Waals surface area (Å²) in [5, 5.41) is 11.2. The molecule has 1 unspecified atom stereocenters. The number of aliphatic carboxylic acids is 1. The first kappa shape index (κ1) is 14.6. The normalized spacial score (nSPS) is 16.4. The summed E-state index contributed by atoms with van der Waals surface area (Å²) < 4.78 is 0. The number of thioether (sulfide) groups is 1. The second kappa shape index (κ2) is 7.05. The molecule has 1 saturated heterocycles. The molecule has 0 aromatic rings. The van der Waals surface area contributed by atoms with Gasteiger partial charge in [-0.25, -0.2) is 4.79 Å². The Hall–Kier alpha value is -1.50. The molecule has 18 heavy (non-hydrogen) atoms. The van der Waals surface area contributed by atoms with Crippen LogP contribution in [-0.4, -0.2) is 52.0 Å². The van der Waals surface area contributed by atoms with Crippen molar-refractivity contribution in [3.63, 3.8) is 0 Å². The van der Waals surface area contributed by atoms with Gasteiger partial charge in [-0.05, 0) is 6.42 Å². The molecule has 0 spiro atoms. The summed E-state index contributed by atoms with van der Waals surface area (Å²) >= 11 is 1.23. The van der Waals surface area contributed by atoms with E-state index in [4.69, 9.17) is 5.11 Å². The highest BCUT2D eigenvalue weighted by molar-refractivity contribution is 8.13. The Morgan fingerprint density at radius 3 is 2.83 bits per heavy atom. The van der Waals surface area contributed by atoms with Gasteiger partial charge in [0, 0.05) is 25.3 Å². The Bertz CT molecular complexity index is 359. The van der Waals surface area contributed by atoms with Crippen LogP contribution < -0.4 is 5.32 Å². The molecule has 100 valence electrons. The third-order valence-electron chi connectivity index (χ3n) is 2.49. The molecule has 0 saturated carbocycles. The summed E-state index contributed by atoms with van der Waals surface area (Å²) in [6.07, 6.45) is 1.74. The highest BCUT2D eigenvalue weighted by Gasteiger charge is 2.23. The number of carboxylic acids is 1. The highest BCUT2D eigenvalue weighted by atomic mass is 32.2. The van der Waals surface area contributed by atoms with E-state index in [0.717, 1.165) is 5.75 Å². The van der Waals surface area contributed by atoms with E-state index in [2.05, 4.69) is 11.9 Å². The van der Waals surface area contributed by atoms with Crippen LogP contribution in [0.1, 0.15) is 12.8 Å². The maximum atomic E-state index is 11.5. The van der Waals surface area contributed by atoms with E-state index in [1.807, 2.05) is 0 Å². The smallest absolute Gasteiger partial charge is 0.326 e. The van der Waals surface area contributed by atoms with Crippen LogP contribution in [0.3, 0.4) is 0 Å². The lowest BCUT2D eigenvalue weighted by Crippen LogP contribution is -2.41. The molecule has 1 heterocycles. The highest BCUT2D eigenvalue weighted by Crippen LogP contribution is 2.16. The van der Waals surface area contributed by atoms with E-state index < -0.39 is 12.0 Å². The van der Waals surface area contributed by atoms with Crippen molar-refractivity contribution in [2.75, 3.05) is 18.8 Å². The third kappa shape index (κ3) is 4.40. The monoisotopic (exact) mass is 272 g/mol. The fourth-order valence-corrected chi connectivity index (χ4v) is 2.37. The zero-order valence-electron chi connectivity index (χ0n) is 9.92. The number of hydrogen-bond acceptors (Lipinski definition) is 4. The molecule has 6 nitrogen and oxygen atoms in total. The number of carboxylic acid groups (broad SMARTS) is 1. The van der Waals surface area contributed by atoms with Crippen LogP contribution in [-0.2, 0) is 9.59 Å². The zero-order chi connectivity index (χ0) is 13.5. The quantitative estimate of drug-likeness (QED) is 0.666. The molecule has 1 fully saturated rings. The lowest BCUT2D eigenvalue weighted by atomic mass is 10.2. The first-order valence-electron chi connectivity index (χ1n) is 5.59. The van der Waals surface area contributed by atoms with E-state index in [1.54, 1.807) is 4.90 Å². The van der Waals surface area contributed by atoms with Crippen LogP contribution in [0, 0.1) is 0 Å². The van der Waals surface area contributed by atoms with Crippen molar-refractivity contribution in [1.29, 1.82) is 0 Å². The summed E-state index contributed by atoms with van der Waals surface area (Å²) in [4.78, 5) is 35.2. The first-order valence-corrected chi connectivity index (χ1v) is 6.58. The van der Waals surface area contributed by atoms with Crippen molar-refractivity contribution < 1.29 is 19.5 Å². The topological polar surface area (TPSA) is 86.7 Å². The van der Waals surface area contributed by atoms with Gasteiger partial charge in [-0.15, -0.1) is 6.58 Å². The molecule has 0 aromatic carbocycles. The summed E-state index contributed by atoms with van der Waals surface area (Å²) in [5.41, 5.74) is 0. The standard InChI is InChI=1S/C11H16N2O4S/c1-2-3-8(10(15)16)12-9(14)4-5-13-6-7-18-11(13)17/h2,8H,1,3-7H2,(H,12,14)(H,15,16). The first-order chi connectivity index (χ1) is 8.54. The second-order valence-electron chi connectivity index (χ2n) is 3.83. The predicted octanol–water partition coefficient (Wildman–Crippen LogP) is 0.691. The average molecular weight is 272 g/mol. The van der Waals surface area contributed by atoms with Gasteiger partial charge in [-0.3, -0.25) is 9.59 Å². The van der Waals surface area contributed by atoms with Crippen molar-refractivity contribution in [1.82, 2.24) is 10.2 Å². The lowest BCUT2D eigenvalue weighted by molar-refractivity contribution is -0.141. The average Bonchev–Trinajstić information content (AvgIpc) is 2.71. The third-order valence-corrected chi connectivity index (χ3v) is 3.38. The summed E-state index contributed by atoms with van der Waals surface area (Å²) in [5.74, 6) is -0.709. The van der Waals surface area contributed by atoms with Gasteiger partial charge in [0.1, 0.15) is 6.04 Å². The van der Waals surface area contributed by atoms with Gasteiger partial charge in [0.25, 0.3) is 5.24 Å². The molecule has 2 N–H and O–H groups in total. The van der Waals surface area contributed by atoms with Gasteiger partial charge in [0.05, 0.1) is 0 Å². The molecule has 2 amide bonds. The molecule has 0 aromatic heterocycles. The Kier molecular flexibility index (Phi) is 5.70. The van der Waals surface area contributed by atoms with Crippen LogP contribution in [0.5, 0.6) is 0 Å². The van der Waals surface area contributed by atoms with Crippen LogP contribution in [0.25, 0.3) is 0 Å².